The lowest BCUT2D eigenvalue weighted by molar-refractivity contribution is 1.12. The molecular weight excluding hydrogens is 132 g/mol. The molecule has 0 aliphatic heterocycles. The van der Waals surface area contributed by atoms with Gasteiger partial charge in [0.15, 0.2) is 0 Å². The molecule has 0 saturated heterocycles. The average molecular weight is 146 g/mol. The third kappa shape index (κ3) is 1.96. The van der Waals surface area contributed by atoms with Gasteiger partial charge in [-0.25, -0.2) is 0 Å². The predicted octanol–water partition coefficient (Wildman–Crippen LogP) is 3.38. The minimum absolute atomic E-state index is 1.10. The first-order valence-corrected chi connectivity index (χ1v) is 4.05. The van der Waals surface area contributed by atoms with E-state index >= 15 is 0 Å². The van der Waals surface area contributed by atoms with Crippen LogP contribution in [0, 0.1) is 0 Å². The number of hydrogen-bond donors (Lipinski definition) is 0. The summed E-state index contributed by atoms with van der Waals surface area (Å²) in [7, 11) is 0. The van der Waals surface area contributed by atoms with Crippen molar-refractivity contribution in [3.05, 3.63) is 40.7 Å². The maximum Gasteiger partial charge on any atom is -0.00912 e. The lowest BCUT2D eigenvalue weighted by Gasteiger charge is -1.97. The molecule has 0 atom stereocenters. The first kappa shape index (κ1) is 8.10. The normalized spacial score (nSPS) is 16.8. The smallest absolute Gasteiger partial charge is 0.00912 e. The van der Waals surface area contributed by atoms with E-state index in [1.165, 1.54) is 16.7 Å². The van der Waals surface area contributed by atoms with Crippen molar-refractivity contribution in [2.45, 2.75) is 27.2 Å². The quantitative estimate of drug-likeness (QED) is 0.497. The summed E-state index contributed by atoms with van der Waals surface area (Å²) in [6.45, 7) is 6.38. The van der Waals surface area contributed by atoms with E-state index in [4.69, 9.17) is 0 Å². The second kappa shape index (κ2) is 3.41. The Balaban J connectivity index is 3.04. The van der Waals surface area contributed by atoms with Gasteiger partial charge >= 0.3 is 0 Å². The molecule has 58 valence electrons. The molecule has 0 radical (unpaired) electrons. The van der Waals surface area contributed by atoms with Crippen LogP contribution in [0.2, 0.25) is 0 Å². The second-order valence-electron chi connectivity index (χ2n) is 2.87. The van der Waals surface area contributed by atoms with E-state index in [9.17, 15) is 0 Å². The van der Waals surface area contributed by atoms with E-state index in [1.54, 1.807) is 0 Å². The molecule has 0 aromatic carbocycles. The van der Waals surface area contributed by atoms with Gasteiger partial charge in [-0.15, -0.1) is 5.73 Å². The molecule has 0 nitrogen and oxygen atoms in total. The second-order valence-corrected chi connectivity index (χ2v) is 2.87. The van der Waals surface area contributed by atoms with E-state index in [1.807, 2.05) is 0 Å². The van der Waals surface area contributed by atoms with Crippen molar-refractivity contribution in [1.82, 2.24) is 0 Å². The van der Waals surface area contributed by atoms with Crippen molar-refractivity contribution in [3.8, 4) is 0 Å². The molecule has 0 unspecified atom stereocenters. The highest BCUT2D eigenvalue weighted by Crippen LogP contribution is 2.14. The zero-order valence-corrected chi connectivity index (χ0v) is 7.44. The molecule has 1 aliphatic carbocycles. The number of hydrogen-bond acceptors (Lipinski definition) is 0. The standard InChI is InChI=1S/C11H14/c1-4-11-8-6-9(2)5-7-10(11)3/h6-8H,4H2,1-3H3. The Morgan fingerprint density at radius 1 is 1.27 bits per heavy atom. The van der Waals surface area contributed by atoms with Crippen LogP contribution in [0.25, 0.3) is 0 Å². The van der Waals surface area contributed by atoms with Crippen LogP contribution in [-0.2, 0) is 0 Å². The summed E-state index contributed by atoms with van der Waals surface area (Å²) in [6, 6.07) is 0. The zero-order valence-electron chi connectivity index (χ0n) is 7.44. The summed E-state index contributed by atoms with van der Waals surface area (Å²) in [5, 5.41) is 0. The molecule has 0 bridgehead atoms. The van der Waals surface area contributed by atoms with Crippen molar-refractivity contribution in [2.75, 3.05) is 0 Å². The van der Waals surface area contributed by atoms with Crippen LogP contribution in [0.5, 0.6) is 0 Å². The van der Waals surface area contributed by atoms with E-state index in [2.05, 4.69) is 44.7 Å². The Kier molecular flexibility index (Phi) is 2.51. The Morgan fingerprint density at radius 3 is 2.64 bits per heavy atom. The van der Waals surface area contributed by atoms with Crippen LogP contribution in [0.4, 0.5) is 0 Å². The summed E-state index contributed by atoms with van der Waals surface area (Å²) in [4.78, 5) is 0. The van der Waals surface area contributed by atoms with Crippen molar-refractivity contribution in [1.29, 1.82) is 0 Å². The fraction of sp³-hybridized carbons (Fsp3) is 0.364. The molecule has 0 aromatic heterocycles. The van der Waals surface area contributed by atoms with Crippen molar-refractivity contribution < 1.29 is 0 Å². The van der Waals surface area contributed by atoms with Crippen LogP contribution in [0.3, 0.4) is 0 Å². The molecule has 0 heterocycles. The highest BCUT2D eigenvalue weighted by molar-refractivity contribution is 5.38. The van der Waals surface area contributed by atoms with Gasteiger partial charge in [0, 0.05) is 0 Å². The van der Waals surface area contributed by atoms with Crippen LogP contribution < -0.4 is 0 Å². The van der Waals surface area contributed by atoms with Gasteiger partial charge in [0.2, 0.25) is 0 Å². The van der Waals surface area contributed by atoms with Gasteiger partial charge in [-0.2, -0.15) is 0 Å². The fourth-order valence-corrected chi connectivity index (χ4v) is 1.12. The van der Waals surface area contributed by atoms with Gasteiger partial charge < -0.3 is 0 Å². The molecule has 0 spiro atoms. The van der Waals surface area contributed by atoms with Gasteiger partial charge in [-0.05, 0) is 43.1 Å². The fourth-order valence-electron chi connectivity index (χ4n) is 1.12. The zero-order chi connectivity index (χ0) is 8.27. The molecule has 11 heavy (non-hydrogen) atoms. The van der Waals surface area contributed by atoms with E-state index in [0.717, 1.165) is 6.42 Å². The molecule has 1 rings (SSSR count). The topological polar surface area (TPSA) is 0 Å². The lowest BCUT2D eigenvalue weighted by Crippen LogP contribution is -1.78. The van der Waals surface area contributed by atoms with Gasteiger partial charge in [0.05, 0.1) is 0 Å². The highest BCUT2D eigenvalue weighted by atomic mass is 14.0. The number of allylic oxidation sites excluding steroid dienone is 5. The van der Waals surface area contributed by atoms with Crippen LogP contribution >= 0.6 is 0 Å². The van der Waals surface area contributed by atoms with E-state index < -0.39 is 0 Å². The highest BCUT2D eigenvalue weighted by Gasteiger charge is 1.95. The largest absolute Gasteiger partial charge is 0.117 e. The summed E-state index contributed by atoms with van der Waals surface area (Å²) in [6.07, 6.45) is 7.47. The van der Waals surface area contributed by atoms with Crippen LogP contribution in [0.1, 0.15) is 27.2 Å². The van der Waals surface area contributed by atoms with Gasteiger partial charge in [0.25, 0.3) is 0 Å². The predicted molar refractivity (Wildman–Crippen MR) is 49.4 cm³/mol. The lowest BCUT2D eigenvalue weighted by atomic mass is 10.1. The molecule has 0 fully saturated rings. The van der Waals surface area contributed by atoms with Gasteiger partial charge in [0.1, 0.15) is 0 Å². The summed E-state index contributed by atoms with van der Waals surface area (Å²) < 4.78 is 0. The van der Waals surface area contributed by atoms with E-state index in [-0.39, 0.29) is 0 Å². The Labute approximate surface area is 68.6 Å². The molecule has 0 heteroatoms. The number of rotatable bonds is 1. The Morgan fingerprint density at radius 2 is 2.00 bits per heavy atom. The summed E-state index contributed by atoms with van der Waals surface area (Å²) >= 11 is 0. The third-order valence-electron chi connectivity index (χ3n) is 1.94. The minimum atomic E-state index is 1.10. The van der Waals surface area contributed by atoms with Crippen molar-refractivity contribution in [2.24, 2.45) is 0 Å². The maximum absolute atomic E-state index is 3.21. The maximum atomic E-state index is 3.21. The summed E-state index contributed by atoms with van der Waals surface area (Å²) in [5.74, 6) is 0. The SMILES string of the molecule is CCC1=C(C)C=C=C(C)C=C1. The van der Waals surface area contributed by atoms with Gasteiger partial charge in [-0.3, -0.25) is 0 Å². The van der Waals surface area contributed by atoms with Gasteiger partial charge in [-0.1, -0.05) is 19.1 Å². The molecule has 0 saturated carbocycles. The first-order valence-electron chi connectivity index (χ1n) is 4.05. The van der Waals surface area contributed by atoms with Crippen molar-refractivity contribution >= 4 is 0 Å². The first-order chi connectivity index (χ1) is 5.24. The molecule has 1 aliphatic rings. The monoisotopic (exact) mass is 146 g/mol. The minimum Gasteiger partial charge on any atom is -0.117 e. The van der Waals surface area contributed by atoms with Crippen LogP contribution in [-0.4, -0.2) is 0 Å². The molecule has 0 aromatic rings. The molecule has 0 N–H and O–H groups in total. The Hall–Kier alpha value is -1.00. The third-order valence-corrected chi connectivity index (χ3v) is 1.94. The van der Waals surface area contributed by atoms with Crippen LogP contribution in [0.15, 0.2) is 40.7 Å². The Bertz CT molecular complexity index is 268. The van der Waals surface area contributed by atoms with Crippen molar-refractivity contribution in [3.63, 3.8) is 0 Å². The molecular formula is C11H14. The molecule has 0 amide bonds. The summed E-state index contributed by atoms with van der Waals surface area (Å²) in [5.41, 5.74) is 7.15. The van der Waals surface area contributed by atoms with E-state index in [0.29, 0.717) is 0 Å². The average Bonchev–Trinajstić information content (AvgIpc) is 2.15.